The van der Waals surface area contributed by atoms with Gasteiger partial charge < -0.3 is 10.2 Å². The van der Waals surface area contributed by atoms with Gasteiger partial charge in [-0.25, -0.2) is 9.07 Å². The van der Waals surface area contributed by atoms with Crippen LogP contribution in [-0.2, 0) is 11.3 Å². The molecule has 0 aliphatic carbocycles. The molecular weight excluding hydrogens is 401 g/mol. The van der Waals surface area contributed by atoms with Crippen molar-refractivity contribution in [2.24, 2.45) is 0 Å². The van der Waals surface area contributed by atoms with Crippen LogP contribution >= 0.6 is 11.3 Å². The third-order valence-corrected chi connectivity index (χ3v) is 6.00. The maximum Gasteiger partial charge on any atom is 0.239 e. The molecule has 0 bridgehead atoms. The van der Waals surface area contributed by atoms with E-state index in [-0.39, 0.29) is 18.3 Å². The van der Waals surface area contributed by atoms with E-state index < -0.39 is 0 Å². The van der Waals surface area contributed by atoms with Gasteiger partial charge in [0.15, 0.2) is 10.8 Å². The van der Waals surface area contributed by atoms with E-state index in [1.54, 1.807) is 12.1 Å². The smallest absolute Gasteiger partial charge is 0.239 e. The van der Waals surface area contributed by atoms with Gasteiger partial charge >= 0.3 is 0 Å². The molecule has 0 atom stereocenters. The molecule has 1 N–H and O–H groups in total. The maximum absolute atomic E-state index is 13.0. The number of likely N-dealkylation sites (N-methyl/N-ethyl adjacent to an activating group) is 1. The minimum atomic E-state index is -0.292. The summed E-state index contributed by atoms with van der Waals surface area (Å²) in [7, 11) is 1.84. The number of anilines is 1. The predicted molar refractivity (Wildman–Crippen MR) is 118 cm³/mol. The third-order valence-electron chi connectivity index (χ3n) is 4.73. The Hall–Kier alpha value is -3.26. The zero-order valence-corrected chi connectivity index (χ0v) is 17.8. The first kappa shape index (κ1) is 20.0. The molecule has 0 radical (unpaired) electrons. The summed E-state index contributed by atoms with van der Waals surface area (Å²) in [5.74, 6) is -0.418. The first-order chi connectivity index (χ1) is 14.4. The van der Waals surface area contributed by atoms with E-state index in [0.29, 0.717) is 6.54 Å². The van der Waals surface area contributed by atoms with Gasteiger partial charge in [-0.1, -0.05) is 35.6 Å². The molecule has 0 spiro atoms. The van der Waals surface area contributed by atoms with E-state index in [2.05, 4.69) is 16.5 Å². The summed E-state index contributed by atoms with van der Waals surface area (Å²) in [6.45, 7) is 4.54. The fourth-order valence-electron chi connectivity index (χ4n) is 3.17. The fraction of sp³-hybridized carbons (Fsp3) is 0.227. The molecule has 1 amide bonds. The zero-order chi connectivity index (χ0) is 21.3. The van der Waals surface area contributed by atoms with Crippen LogP contribution in [0.15, 0.2) is 48.5 Å². The number of carbonyl (C=O) groups is 1. The van der Waals surface area contributed by atoms with Gasteiger partial charge in [0.25, 0.3) is 0 Å². The number of fused-ring (bicyclic) bond motifs is 1. The van der Waals surface area contributed by atoms with Gasteiger partial charge in [-0.05, 0) is 49.2 Å². The lowest BCUT2D eigenvalue weighted by Gasteiger charge is -2.15. The number of hydrogen-bond donors (Lipinski definition) is 1. The molecule has 8 heteroatoms. The number of halogens is 1. The molecule has 154 valence electrons. The number of aromatic nitrogens is 3. The minimum Gasteiger partial charge on any atom is -0.350 e. The largest absolute Gasteiger partial charge is 0.350 e. The van der Waals surface area contributed by atoms with Gasteiger partial charge in [0, 0.05) is 13.6 Å². The van der Waals surface area contributed by atoms with Gasteiger partial charge in [0.05, 0.1) is 22.6 Å². The first-order valence-electron chi connectivity index (χ1n) is 9.56. The van der Waals surface area contributed by atoms with Gasteiger partial charge in [-0.15, -0.1) is 0 Å². The minimum absolute atomic E-state index is 0.127. The molecule has 2 heterocycles. The number of benzene rings is 2. The van der Waals surface area contributed by atoms with Gasteiger partial charge in [-0.2, -0.15) is 10.1 Å². The number of hydrogen-bond acceptors (Lipinski definition) is 5. The number of carbonyl (C=O) groups excluding carboxylic acids is 1. The van der Waals surface area contributed by atoms with Crippen molar-refractivity contribution in [1.29, 1.82) is 0 Å². The van der Waals surface area contributed by atoms with E-state index in [9.17, 15) is 9.18 Å². The Morgan fingerprint density at radius 3 is 2.70 bits per heavy atom. The van der Waals surface area contributed by atoms with Crippen molar-refractivity contribution in [3.05, 3.63) is 71.2 Å². The summed E-state index contributed by atoms with van der Waals surface area (Å²) < 4.78 is 15.8. The summed E-state index contributed by atoms with van der Waals surface area (Å²) in [4.78, 5) is 18.9. The van der Waals surface area contributed by atoms with E-state index in [1.165, 1.54) is 23.5 Å². The monoisotopic (exact) mass is 423 g/mol. The van der Waals surface area contributed by atoms with Gasteiger partial charge in [-0.3, -0.25) is 4.79 Å². The summed E-state index contributed by atoms with van der Waals surface area (Å²) in [6.07, 6.45) is 0. The Labute approximate surface area is 178 Å². The number of nitrogens with one attached hydrogen (secondary N) is 1. The van der Waals surface area contributed by atoms with Crippen LogP contribution in [-0.4, -0.2) is 34.3 Å². The van der Waals surface area contributed by atoms with Crippen LogP contribution in [0.3, 0.4) is 0 Å². The molecule has 30 heavy (non-hydrogen) atoms. The van der Waals surface area contributed by atoms with E-state index in [4.69, 9.17) is 4.98 Å². The highest BCUT2D eigenvalue weighted by molar-refractivity contribution is 7.22. The number of amides is 1. The summed E-state index contributed by atoms with van der Waals surface area (Å²) in [5.41, 5.74) is 4.66. The molecule has 0 fully saturated rings. The van der Waals surface area contributed by atoms with Crippen molar-refractivity contribution in [3.63, 3.8) is 0 Å². The summed E-state index contributed by atoms with van der Waals surface area (Å²) in [5, 5.41) is 8.24. The van der Waals surface area contributed by atoms with Crippen molar-refractivity contribution in [1.82, 2.24) is 20.1 Å². The summed E-state index contributed by atoms with van der Waals surface area (Å²) in [6, 6.07) is 14.2. The van der Waals surface area contributed by atoms with Crippen molar-refractivity contribution in [2.75, 3.05) is 18.5 Å². The SMILES string of the molecule is Cc1cccc(-n2nc(C)c3sc(N(C)CC(=O)NCc4ccc(F)cc4)nc32)c1. The van der Waals surface area contributed by atoms with E-state index in [0.717, 1.165) is 38.0 Å². The van der Waals surface area contributed by atoms with E-state index in [1.807, 2.05) is 48.7 Å². The first-order valence-corrected chi connectivity index (χ1v) is 10.4. The molecule has 6 nitrogen and oxygen atoms in total. The van der Waals surface area contributed by atoms with Gasteiger partial charge in [0.2, 0.25) is 5.91 Å². The van der Waals surface area contributed by atoms with Crippen molar-refractivity contribution in [3.8, 4) is 5.69 Å². The summed E-state index contributed by atoms with van der Waals surface area (Å²) >= 11 is 1.52. The van der Waals surface area contributed by atoms with Crippen LogP contribution in [0.2, 0.25) is 0 Å². The highest BCUT2D eigenvalue weighted by atomic mass is 32.1. The Kier molecular flexibility index (Phi) is 5.50. The predicted octanol–water partition coefficient (Wildman–Crippen LogP) is 3.99. The molecule has 4 rings (SSSR count). The molecule has 2 aromatic carbocycles. The van der Waals surface area contributed by atoms with Crippen LogP contribution < -0.4 is 10.2 Å². The lowest BCUT2D eigenvalue weighted by Crippen LogP contribution is -2.34. The maximum atomic E-state index is 13.0. The topological polar surface area (TPSA) is 63.1 Å². The molecule has 2 aromatic heterocycles. The number of rotatable bonds is 6. The van der Waals surface area contributed by atoms with E-state index >= 15 is 0 Å². The van der Waals surface area contributed by atoms with Crippen LogP contribution in [0, 0.1) is 19.7 Å². The standard InChI is InChI=1S/C22H22FN5OS/c1-14-5-4-6-18(11-14)28-21-20(15(2)26-28)30-22(25-21)27(3)13-19(29)24-12-16-7-9-17(23)10-8-16/h4-11H,12-13H2,1-3H3,(H,24,29). The highest BCUT2D eigenvalue weighted by Crippen LogP contribution is 2.32. The number of aryl methyl sites for hydroxylation is 2. The normalized spacial score (nSPS) is 11.1. The Balaban J connectivity index is 1.48. The van der Waals surface area contributed by atoms with Crippen LogP contribution in [0.4, 0.5) is 9.52 Å². The van der Waals surface area contributed by atoms with Crippen LogP contribution in [0.25, 0.3) is 16.0 Å². The van der Waals surface area contributed by atoms with Crippen LogP contribution in [0.5, 0.6) is 0 Å². The molecule has 0 saturated carbocycles. The second-order valence-corrected chi connectivity index (χ2v) is 8.22. The quantitative estimate of drug-likeness (QED) is 0.509. The van der Waals surface area contributed by atoms with Crippen molar-refractivity contribution in [2.45, 2.75) is 20.4 Å². The van der Waals surface area contributed by atoms with Crippen LogP contribution in [0.1, 0.15) is 16.8 Å². The molecule has 4 aromatic rings. The molecule has 0 aliphatic heterocycles. The second kappa shape index (κ2) is 8.23. The number of nitrogens with zero attached hydrogens (tertiary/aromatic N) is 4. The Morgan fingerprint density at radius 2 is 1.97 bits per heavy atom. The molecule has 0 saturated heterocycles. The molecule has 0 unspecified atom stereocenters. The zero-order valence-electron chi connectivity index (χ0n) is 17.0. The Bertz CT molecular complexity index is 1200. The lowest BCUT2D eigenvalue weighted by molar-refractivity contribution is -0.119. The Morgan fingerprint density at radius 1 is 1.20 bits per heavy atom. The second-order valence-electron chi connectivity index (χ2n) is 7.24. The molecule has 0 aliphatic rings. The van der Waals surface area contributed by atoms with Crippen molar-refractivity contribution < 1.29 is 9.18 Å². The fourth-order valence-corrected chi connectivity index (χ4v) is 4.11. The van der Waals surface area contributed by atoms with Crippen molar-refractivity contribution >= 4 is 32.7 Å². The number of thiazole rings is 1. The van der Waals surface area contributed by atoms with Gasteiger partial charge in [0.1, 0.15) is 5.82 Å². The average molecular weight is 424 g/mol. The lowest BCUT2D eigenvalue weighted by atomic mass is 10.2. The third kappa shape index (κ3) is 4.18. The highest BCUT2D eigenvalue weighted by Gasteiger charge is 2.18. The average Bonchev–Trinajstić information content (AvgIpc) is 3.28. The molecular formula is C22H22FN5OS.